The van der Waals surface area contributed by atoms with Gasteiger partial charge in [-0.2, -0.15) is 0 Å². The van der Waals surface area contributed by atoms with Gasteiger partial charge in [0.2, 0.25) is 0 Å². The minimum absolute atomic E-state index is 0.523. The van der Waals surface area contributed by atoms with Gasteiger partial charge in [-0.1, -0.05) is 25.4 Å². The van der Waals surface area contributed by atoms with Crippen molar-refractivity contribution in [3.05, 3.63) is 28.8 Å². The number of methoxy groups -OCH3 is 1. The van der Waals surface area contributed by atoms with E-state index in [1.807, 2.05) is 18.2 Å². The van der Waals surface area contributed by atoms with Gasteiger partial charge in [-0.25, -0.2) is 0 Å². The summed E-state index contributed by atoms with van der Waals surface area (Å²) in [6, 6.07) is 6.92. The Morgan fingerprint density at radius 1 is 1.45 bits per heavy atom. The van der Waals surface area contributed by atoms with Crippen LogP contribution in [0, 0.1) is 5.92 Å². The molecule has 20 heavy (non-hydrogen) atoms. The third-order valence-corrected chi connectivity index (χ3v) is 4.27. The molecule has 1 aliphatic rings. The fourth-order valence-electron chi connectivity index (χ4n) is 2.93. The quantitative estimate of drug-likeness (QED) is 0.924. The lowest BCUT2D eigenvalue weighted by atomic mass is 9.98. The molecule has 0 radical (unpaired) electrons. The van der Waals surface area contributed by atoms with Crippen molar-refractivity contribution in [2.24, 2.45) is 5.92 Å². The largest absolute Gasteiger partial charge is 0.496 e. The molecule has 1 aromatic rings. The van der Waals surface area contributed by atoms with Gasteiger partial charge in [-0.3, -0.25) is 4.90 Å². The van der Waals surface area contributed by atoms with E-state index in [1.165, 1.54) is 5.56 Å². The van der Waals surface area contributed by atoms with E-state index in [4.69, 9.17) is 16.3 Å². The van der Waals surface area contributed by atoms with Crippen LogP contribution in [0.3, 0.4) is 0 Å². The molecule has 1 N–H and O–H groups in total. The minimum atomic E-state index is 0.523. The molecule has 0 saturated carbocycles. The highest BCUT2D eigenvalue weighted by Crippen LogP contribution is 2.26. The van der Waals surface area contributed by atoms with Crippen LogP contribution < -0.4 is 10.1 Å². The Morgan fingerprint density at radius 3 is 2.85 bits per heavy atom. The number of nitrogens with zero attached hydrogens (tertiary/aromatic N) is 1. The third-order valence-electron chi connectivity index (χ3n) is 4.04. The number of halogens is 1. The lowest BCUT2D eigenvalue weighted by molar-refractivity contribution is 0.0947. The standard InChI is InChI=1S/C16H25ClN2O/c1-11(2)15-8-18-12(3)9-19(15)10-13-7-14(17)5-6-16(13)20-4/h5-7,11-12,15,18H,8-10H2,1-4H3. The molecule has 0 spiro atoms. The molecule has 2 unspecified atom stereocenters. The lowest BCUT2D eigenvalue weighted by Crippen LogP contribution is -2.56. The summed E-state index contributed by atoms with van der Waals surface area (Å²) < 4.78 is 5.46. The molecule has 3 nitrogen and oxygen atoms in total. The molecule has 2 atom stereocenters. The number of nitrogens with one attached hydrogen (secondary N) is 1. The highest BCUT2D eigenvalue weighted by Gasteiger charge is 2.28. The SMILES string of the molecule is COc1ccc(Cl)cc1CN1CC(C)NCC1C(C)C. The Morgan fingerprint density at radius 2 is 2.20 bits per heavy atom. The van der Waals surface area contributed by atoms with E-state index in [1.54, 1.807) is 7.11 Å². The zero-order valence-corrected chi connectivity index (χ0v) is 13.6. The van der Waals surface area contributed by atoms with Gasteiger partial charge in [0.25, 0.3) is 0 Å². The lowest BCUT2D eigenvalue weighted by Gasteiger charge is -2.41. The topological polar surface area (TPSA) is 24.5 Å². The second-order valence-electron chi connectivity index (χ2n) is 6.01. The van der Waals surface area contributed by atoms with E-state index in [9.17, 15) is 0 Å². The summed E-state index contributed by atoms with van der Waals surface area (Å²) in [4.78, 5) is 2.54. The van der Waals surface area contributed by atoms with Crippen LogP contribution in [0.1, 0.15) is 26.3 Å². The molecule has 1 heterocycles. The Bertz CT molecular complexity index is 450. The van der Waals surface area contributed by atoms with Crippen molar-refractivity contribution in [1.82, 2.24) is 10.2 Å². The van der Waals surface area contributed by atoms with Gasteiger partial charge < -0.3 is 10.1 Å². The molecule has 1 fully saturated rings. The first-order valence-corrected chi connectivity index (χ1v) is 7.69. The maximum atomic E-state index is 6.13. The molecule has 0 amide bonds. The molecule has 0 aromatic heterocycles. The van der Waals surface area contributed by atoms with Gasteiger partial charge >= 0.3 is 0 Å². The molecular formula is C16H25ClN2O. The zero-order chi connectivity index (χ0) is 14.7. The first-order chi connectivity index (χ1) is 9.51. The van der Waals surface area contributed by atoms with Gasteiger partial charge in [0, 0.05) is 42.3 Å². The van der Waals surface area contributed by atoms with E-state index < -0.39 is 0 Å². The summed E-state index contributed by atoms with van der Waals surface area (Å²) in [6.45, 7) is 9.78. The van der Waals surface area contributed by atoms with Crippen molar-refractivity contribution in [3.8, 4) is 5.75 Å². The maximum absolute atomic E-state index is 6.13. The number of ether oxygens (including phenoxy) is 1. The van der Waals surface area contributed by atoms with Crippen molar-refractivity contribution < 1.29 is 4.74 Å². The molecule has 112 valence electrons. The minimum Gasteiger partial charge on any atom is -0.496 e. The Kier molecular flexibility index (Phi) is 5.30. The first kappa shape index (κ1) is 15.6. The van der Waals surface area contributed by atoms with Gasteiger partial charge in [0.15, 0.2) is 0 Å². The van der Waals surface area contributed by atoms with Gasteiger partial charge in [-0.05, 0) is 31.0 Å². The van der Waals surface area contributed by atoms with Crippen molar-refractivity contribution >= 4 is 11.6 Å². The number of rotatable bonds is 4. The second kappa shape index (κ2) is 6.79. The van der Waals surface area contributed by atoms with E-state index >= 15 is 0 Å². The van der Waals surface area contributed by atoms with Crippen LogP contribution >= 0.6 is 11.6 Å². The predicted octanol–water partition coefficient (Wildman–Crippen LogP) is 3.17. The summed E-state index contributed by atoms with van der Waals surface area (Å²) in [5, 5.41) is 4.34. The molecule has 1 aromatic carbocycles. The van der Waals surface area contributed by atoms with Crippen LogP contribution in [-0.4, -0.2) is 37.2 Å². The Balaban J connectivity index is 2.19. The van der Waals surface area contributed by atoms with Gasteiger partial charge in [0.1, 0.15) is 5.75 Å². The van der Waals surface area contributed by atoms with Crippen LogP contribution in [0.2, 0.25) is 5.02 Å². The molecule has 0 bridgehead atoms. The summed E-state index contributed by atoms with van der Waals surface area (Å²) in [5.41, 5.74) is 1.17. The Hall–Kier alpha value is -0.770. The molecule has 4 heteroatoms. The number of hydrogen-bond donors (Lipinski definition) is 1. The van der Waals surface area contributed by atoms with Crippen molar-refractivity contribution in [2.75, 3.05) is 20.2 Å². The van der Waals surface area contributed by atoms with Crippen molar-refractivity contribution in [3.63, 3.8) is 0 Å². The predicted molar refractivity (Wildman–Crippen MR) is 84.5 cm³/mol. The fraction of sp³-hybridized carbons (Fsp3) is 0.625. The van der Waals surface area contributed by atoms with Crippen LogP contribution in [0.15, 0.2) is 18.2 Å². The van der Waals surface area contributed by atoms with Crippen LogP contribution in [-0.2, 0) is 6.54 Å². The Labute approximate surface area is 127 Å². The summed E-state index contributed by atoms with van der Waals surface area (Å²) in [6.07, 6.45) is 0. The van der Waals surface area contributed by atoms with Crippen molar-refractivity contribution in [2.45, 2.75) is 39.4 Å². The van der Waals surface area contributed by atoms with E-state index in [0.717, 1.165) is 30.4 Å². The highest BCUT2D eigenvalue weighted by atomic mass is 35.5. The van der Waals surface area contributed by atoms with E-state index in [0.29, 0.717) is 18.0 Å². The van der Waals surface area contributed by atoms with Crippen LogP contribution in [0.25, 0.3) is 0 Å². The number of benzene rings is 1. The number of hydrogen-bond acceptors (Lipinski definition) is 3. The molecule has 1 saturated heterocycles. The first-order valence-electron chi connectivity index (χ1n) is 7.31. The highest BCUT2D eigenvalue weighted by molar-refractivity contribution is 6.30. The normalized spacial score (nSPS) is 24.1. The zero-order valence-electron chi connectivity index (χ0n) is 12.8. The summed E-state index contributed by atoms with van der Waals surface area (Å²) in [7, 11) is 1.72. The average molecular weight is 297 g/mol. The van der Waals surface area contributed by atoms with E-state index in [-0.39, 0.29) is 0 Å². The third kappa shape index (κ3) is 3.66. The average Bonchev–Trinajstić information content (AvgIpc) is 2.38. The smallest absolute Gasteiger partial charge is 0.123 e. The number of piperazine rings is 1. The summed E-state index contributed by atoms with van der Waals surface area (Å²) in [5.74, 6) is 1.54. The second-order valence-corrected chi connectivity index (χ2v) is 6.44. The molecular weight excluding hydrogens is 272 g/mol. The maximum Gasteiger partial charge on any atom is 0.123 e. The molecule has 2 rings (SSSR count). The summed E-state index contributed by atoms with van der Waals surface area (Å²) >= 11 is 6.13. The van der Waals surface area contributed by atoms with Gasteiger partial charge in [-0.15, -0.1) is 0 Å². The fourth-order valence-corrected chi connectivity index (χ4v) is 3.13. The van der Waals surface area contributed by atoms with Crippen LogP contribution in [0.5, 0.6) is 5.75 Å². The van der Waals surface area contributed by atoms with Crippen molar-refractivity contribution in [1.29, 1.82) is 0 Å². The van der Waals surface area contributed by atoms with E-state index in [2.05, 4.69) is 31.0 Å². The molecule has 1 aliphatic heterocycles. The van der Waals surface area contributed by atoms with Gasteiger partial charge in [0.05, 0.1) is 7.11 Å². The molecule has 0 aliphatic carbocycles. The monoisotopic (exact) mass is 296 g/mol. The van der Waals surface area contributed by atoms with Crippen LogP contribution in [0.4, 0.5) is 0 Å².